The van der Waals surface area contributed by atoms with Gasteiger partial charge in [-0.15, -0.1) is 0 Å². The van der Waals surface area contributed by atoms with Crippen molar-refractivity contribution in [2.45, 2.75) is 6.92 Å². The summed E-state index contributed by atoms with van der Waals surface area (Å²) in [6.07, 6.45) is 1.40. The number of nitrogens with one attached hydrogen (secondary N) is 2. The summed E-state index contributed by atoms with van der Waals surface area (Å²) in [7, 11) is 0. The molecule has 0 unspecified atom stereocenters. The molecule has 4 rings (SSSR count). The number of H-pyrrole nitrogens is 1. The smallest absolute Gasteiger partial charge is 0.262 e. The number of aromatic nitrogens is 2. The van der Waals surface area contributed by atoms with Crippen molar-refractivity contribution in [3.63, 3.8) is 0 Å². The number of carbonyl (C=O) groups is 1. The lowest BCUT2D eigenvalue weighted by Crippen LogP contribution is -2.22. The predicted octanol–water partition coefficient (Wildman–Crippen LogP) is 5.01. The second-order valence-corrected chi connectivity index (χ2v) is 7.59. The van der Waals surface area contributed by atoms with Gasteiger partial charge in [0, 0.05) is 21.6 Å². The highest BCUT2D eigenvalue weighted by Crippen LogP contribution is 2.28. The van der Waals surface area contributed by atoms with Crippen LogP contribution in [0.4, 0.5) is 5.13 Å². The summed E-state index contributed by atoms with van der Waals surface area (Å²) < 4.78 is 0.852. The maximum Gasteiger partial charge on any atom is 0.262 e. The quantitative estimate of drug-likeness (QED) is 0.494. The number of aryl methyl sites for hydroxylation is 1. The molecular weight excluding hydrogens is 393 g/mol. The van der Waals surface area contributed by atoms with Gasteiger partial charge in [0.15, 0.2) is 5.13 Å². The molecule has 2 N–H and O–H groups in total. The number of anilines is 1. The van der Waals surface area contributed by atoms with Gasteiger partial charge in [0.2, 0.25) is 5.43 Å². The summed E-state index contributed by atoms with van der Waals surface area (Å²) in [5.74, 6) is -0.522. The Morgan fingerprint density at radius 3 is 2.85 bits per heavy atom. The van der Waals surface area contributed by atoms with Crippen molar-refractivity contribution in [2.24, 2.45) is 0 Å². The van der Waals surface area contributed by atoms with Crippen LogP contribution in [0.5, 0.6) is 0 Å². The molecule has 5 nitrogen and oxygen atoms in total. The molecule has 0 fully saturated rings. The molecule has 4 aromatic rings. The zero-order valence-electron chi connectivity index (χ0n) is 13.4. The summed E-state index contributed by atoms with van der Waals surface area (Å²) in [6, 6.07) is 8.54. The van der Waals surface area contributed by atoms with Gasteiger partial charge in [-0.25, -0.2) is 4.98 Å². The van der Waals surface area contributed by atoms with E-state index >= 15 is 0 Å². The van der Waals surface area contributed by atoms with Crippen LogP contribution in [0.15, 0.2) is 41.3 Å². The summed E-state index contributed by atoms with van der Waals surface area (Å²) in [5.41, 5.74) is 1.76. The normalized spacial score (nSPS) is 11.2. The summed E-state index contributed by atoms with van der Waals surface area (Å²) in [6.45, 7) is 1.81. The number of pyridine rings is 1. The molecule has 2 aromatic carbocycles. The fourth-order valence-electron chi connectivity index (χ4n) is 2.70. The van der Waals surface area contributed by atoms with Crippen molar-refractivity contribution in [3.8, 4) is 0 Å². The Hall–Kier alpha value is -2.41. The lowest BCUT2D eigenvalue weighted by molar-refractivity contribution is 0.102. The first-order valence-corrected chi connectivity index (χ1v) is 9.19. The van der Waals surface area contributed by atoms with Gasteiger partial charge in [-0.05, 0) is 42.8 Å². The number of benzene rings is 2. The number of amides is 1. The van der Waals surface area contributed by atoms with Crippen molar-refractivity contribution in [3.05, 3.63) is 67.9 Å². The van der Waals surface area contributed by atoms with Gasteiger partial charge in [-0.1, -0.05) is 34.5 Å². The maximum atomic E-state index is 12.7. The third-order valence-electron chi connectivity index (χ3n) is 4.06. The molecule has 0 spiro atoms. The Morgan fingerprint density at radius 2 is 2.04 bits per heavy atom. The minimum absolute atomic E-state index is 0.0107. The number of hydrogen-bond donors (Lipinski definition) is 2. The summed E-state index contributed by atoms with van der Waals surface area (Å²) in [5, 5.41) is 4.64. The molecular formula is C18H11Cl2N3O2S. The van der Waals surface area contributed by atoms with E-state index in [1.165, 1.54) is 17.5 Å². The molecule has 0 bridgehead atoms. The molecule has 8 heteroatoms. The molecule has 0 saturated heterocycles. The van der Waals surface area contributed by atoms with Gasteiger partial charge in [0.1, 0.15) is 5.56 Å². The van der Waals surface area contributed by atoms with E-state index in [1.54, 1.807) is 30.3 Å². The monoisotopic (exact) mass is 403 g/mol. The minimum atomic E-state index is -0.522. The topological polar surface area (TPSA) is 74.8 Å². The molecule has 0 saturated carbocycles. The Morgan fingerprint density at radius 1 is 1.23 bits per heavy atom. The van der Waals surface area contributed by atoms with Crippen LogP contribution < -0.4 is 10.7 Å². The first-order chi connectivity index (χ1) is 12.4. The second-order valence-electron chi connectivity index (χ2n) is 5.71. The highest BCUT2D eigenvalue weighted by molar-refractivity contribution is 7.22. The lowest BCUT2D eigenvalue weighted by Gasteiger charge is -2.06. The first kappa shape index (κ1) is 17.0. The Bertz CT molecular complexity index is 1250. The lowest BCUT2D eigenvalue weighted by atomic mass is 10.1. The number of halogens is 2. The fraction of sp³-hybridized carbons (Fsp3) is 0.0556. The molecule has 2 heterocycles. The first-order valence-electron chi connectivity index (χ1n) is 7.62. The van der Waals surface area contributed by atoms with Gasteiger partial charge in [0.25, 0.3) is 5.91 Å². The largest absolute Gasteiger partial charge is 0.360 e. The highest BCUT2D eigenvalue weighted by Gasteiger charge is 2.16. The number of hydrogen-bond acceptors (Lipinski definition) is 4. The average molecular weight is 404 g/mol. The van der Waals surface area contributed by atoms with Crippen molar-refractivity contribution >= 4 is 66.7 Å². The number of thiazole rings is 1. The standard InChI is InChI=1S/C18H11Cl2N3O2S/c1-8-12(20)4-3-10-15(8)21-7-11(16(10)24)17(25)23-18-22-13-5-2-9(19)6-14(13)26-18/h2-7H,1H3,(H,21,24)(H,22,23,25). The van der Waals surface area contributed by atoms with Crippen LogP contribution >= 0.6 is 34.5 Å². The third kappa shape index (κ3) is 2.86. The van der Waals surface area contributed by atoms with Crippen molar-refractivity contribution < 1.29 is 4.79 Å². The van der Waals surface area contributed by atoms with Crippen LogP contribution in [0, 0.1) is 6.92 Å². The van der Waals surface area contributed by atoms with Gasteiger partial charge < -0.3 is 4.98 Å². The van der Waals surface area contributed by atoms with E-state index < -0.39 is 5.91 Å². The van der Waals surface area contributed by atoms with E-state index in [9.17, 15) is 9.59 Å². The number of aromatic amines is 1. The van der Waals surface area contributed by atoms with Gasteiger partial charge in [-0.3, -0.25) is 14.9 Å². The summed E-state index contributed by atoms with van der Waals surface area (Å²) >= 11 is 13.3. The van der Waals surface area contributed by atoms with E-state index in [0.29, 0.717) is 26.1 Å². The number of nitrogens with zero attached hydrogens (tertiary/aromatic N) is 1. The van der Waals surface area contributed by atoms with Crippen molar-refractivity contribution in [1.29, 1.82) is 0 Å². The fourth-order valence-corrected chi connectivity index (χ4v) is 4.00. The van der Waals surface area contributed by atoms with E-state index in [4.69, 9.17) is 23.2 Å². The number of carbonyl (C=O) groups excluding carboxylic acids is 1. The van der Waals surface area contributed by atoms with Gasteiger partial charge >= 0.3 is 0 Å². The molecule has 0 radical (unpaired) electrons. The van der Waals surface area contributed by atoms with Gasteiger partial charge in [0.05, 0.1) is 15.7 Å². The highest BCUT2D eigenvalue weighted by atomic mass is 35.5. The molecule has 0 atom stereocenters. The molecule has 130 valence electrons. The van der Waals surface area contributed by atoms with Crippen molar-refractivity contribution in [2.75, 3.05) is 5.32 Å². The van der Waals surface area contributed by atoms with E-state index in [-0.39, 0.29) is 11.0 Å². The predicted molar refractivity (Wildman–Crippen MR) is 107 cm³/mol. The second kappa shape index (κ2) is 6.39. The third-order valence-corrected chi connectivity index (χ3v) is 5.64. The van der Waals surface area contributed by atoms with Crippen LogP contribution in [-0.2, 0) is 0 Å². The molecule has 26 heavy (non-hydrogen) atoms. The maximum absolute atomic E-state index is 12.7. The number of rotatable bonds is 2. The molecule has 2 aromatic heterocycles. The Labute approximate surface area is 161 Å². The van der Waals surface area contributed by atoms with Crippen LogP contribution in [-0.4, -0.2) is 15.9 Å². The zero-order valence-corrected chi connectivity index (χ0v) is 15.7. The Balaban J connectivity index is 1.72. The molecule has 0 aliphatic heterocycles. The number of fused-ring (bicyclic) bond motifs is 2. The minimum Gasteiger partial charge on any atom is -0.360 e. The van der Waals surface area contributed by atoms with E-state index in [0.717, 1.165) is 15.8 Å². The SMILES string of the molecule is Cc1c(Cl)ccc2c(=O)c(C(=O)Nc3nc4ccc(Cl)cc4s3)c[nH]c12. The van der Waals surface area contributed by atoms with Crippen LogP contribution in [0.25, 0.3) is 21.1 Å². The average Bonchev–Trinajstić information content (AvgIpc) is 2.99. The Kier molecular flexibility index (Phi) is 4.19. The van der Waals surface area contributed by atoms with E-state index in [1.807, 2.05) is 6.92 Å². The van der Waals surface area contributed by atoms with E-state index in [2.05, 4.69) is 15.3 Å². The summed E-state index contributed by atoms with van der Waals surface area (Å²) in [4.78, 5) is 32.6. The van der Waals surface area contributed by atoms with Crippen LogP contribution in [0.2, 0.25) is 10.0 Å². The van der Waals surface area contributed by atoms with Crippen LogP contribution in [0.3, 0.4) is 0 Å². The zero-order chi connectivity index (χ0) is 18.4. The van der Waals surface area contributed by atoms with Crippen LogP contribution in [0.1, 0.15) is 15.9 Å². The molecule has 1 amide bonds. The van der Waals surface area contributed by atoms with Crippen molar-refractivity contribution in [1.82, 2.24) is 9.97 Å². The van der Waals surface area contributed by atoms with Gasteiger partial charge in [-0.2, -0.15) is 0 Å². The molecule has 0 aliphatic rings. The molecule has 0 aliphatic carbocycles.